The molecule has 0 radical (unpaired) electrons. The third-order valence-corrected chi connectivity index (χ3v) is 4.98. The van der Waals surface area contributed by atoms with Gasteiger partial charge in [0, 0.05) is 0 Å². The summed E-state index contributed by atoms with van der Waals surface area (Å²) in [6, 6.07) is -0.750. The van der Waals surface area contributed by atoms with Gasteiger partial charge in [-0.1, -0.05) is 13.8 Å². The molecule has 17 heavy (non-hydrogen) atoms. The van der Waals surface area contributed by atoms with Gasteiger partial charge in [-0.25, -0.2) is 0 Å². The zero-order chi connectivity index (χ0) is 12.8. The van der Waals surface area contributed by atoms with Crippen LogP contribution in [0.2, 0.25) is 0 Å². The van der Waals surface area contributed by atoms with Gasteiger partial charge in [0.05, 0.1) is 17.5 Å². The molecule has 0 aliphatic carbocycles. The Hall–Kier alpha value is -0.550. The van der Waals surface area contributed by atoms with E-state index in [1.165, 1.54) is 0 Å². The number of amides is 1. The predicted molar refractivity (Wildman–Crippen MR) is 68.6 cm³/mol. The summed E-state index contributed by atoms with van der Waals surface area (Å²) in [7, 11) is 0. The molecule has 4 nitrogen and oxygen atoms in total. The molecule has 2 aliphatic rings. The van der Waals surface area contributed by atoms with Gasteiger partial charge in [-0.05, 0) is 30.9 Å². The minimum Gasteiger partial charge on any atom is -0.320 e. The molecule has 1 amide bonds. The first-order chi connectivity index (χ1) is 7.84. The summed E-state index contributed by atoms with van der Waals surface area (Å²) in [5, 5.41) is 0.125. The lowest BCUT2D eigenvalue weighted by Gasteiger charge is -2.32. The second kappa shape index (κ2) is 4.28. The molecule has 0 bridgehead atoms. The van der Waals surface area contributed by atoms with Crippen LogP contribution in [-0.2, 0) is 9.59 Å². The number of hydrogen-bond acceptors (Lipinski definition) is 4. The van der Waals surface area contributed by atoms with Crippen LogP contribution in [0.5, 0.6) is 0 Å². The quantitative estimate of drug-likeness (QED) is 0.760. The van der Waals surface area contributed by atoms with Crippen LogP contribution >= 0.6 is 11.8 Å². The summed E-state index contributed by atoms with van der Waals surface area (Å²) >= 11 is 1.76. The maximum atomic E-state index is 12.3. The normalized spacial score (nSPS) is 36.6. The van der Waals surface area contributed by atoms with Crippen molar-refractivity contribution in [1.29, 1.82) is 0 Å². The molecule has 2 fully saturated rings. The highest BCUT2D eigenvalue weighted by Crippen LogP contribution is 2.46. The number of carbonyl (C=O) groups excluding carboxylic acids is 2. The first kappa shape index (κ1) is 12.9. The van der Waals surface area contributed by atoms with Gasteiger partial charge in [0.2, 0.25) is 5.91 Å². The number of Topliss-reactive ketones (excluding diaryl/α,β-unsaturated/α-hetero) is 1. The molecular formula is C12H20N2O2S. The van der Waals surface area contributed by atoms with E-state index in [2.05, 4.69) is 13.8 Å². The lowest BCUT2D eigenvalue weighted by Crippen LogP contribution is -2.51. The maximum absolute atomic E-state index is 12.3. The Morgan fingerprint density at radius 2 is 2.18 bits per heavy atom. The molecule has 0 spiro atoms. The van der Waals surface area contributed by atoms with Gasteiger partial charge in [0.25, 0.3) is 0 Å². The van der Waals surface area contributed by atoms with Crippen molar-refractivity contribution in [3.8, 4) is 0 Å². The Morgan fingerprint density at radius 1 is 1.53 bits per heavy atom. The van der Waals surface area contributed by atoms with Crippen molar-refractivity contribution in [3.63, 3.8) is 0 Å². The summed E-state index contributed by atoms with van der Waals surface area (Å²) in [6.45, 7) is 5.70. The zero-order valence-electron chi connectivity index (χ0n) is 10.6. The molecule has 3 atom stereocenters. The van der Waals surface area contributed by atoms with Crippen LogP contribution in [0.15, 0.2) is 0 Å². The van der Waals surface area contributed by atoms with Crippen molar-refractivity contribution in [2.45, 2.75) is 51.1 Å². The summed E-state index contributed by atoms with van der Waals surface area (Å²) in [4.78, 5) is 25.9. The smallest absolute Gasteiger partial charge is 0.241 e. The number of hydrogen-bond donors (Lipinski definition) is 1. The maximum Gasteiger partial charge on any atom is 0.241 e. The molecule has 2 aliphatic heterocycles. The third-order valence-electron chi connectivity index (χ3n) is 3.73. The Morgan fingerprint density at radius 3 is 2.76 bits per heavy atom. The van der Waals surface area contributed by atoms with E-state index in [0.29, 0.717) is 6.42 Å². The number of fused-ring (bicyclic) bond motifs is 1. The van der Waals surface area contributed by atoms with Gasteiger partial charge in [-0.15, -0.1) is 11.8 Å². The monoisotopic (exact) mass is 256 g/mol. The predicted octanol–water partition coefficient (Wildman–Crippen LogP) is 0.993. The SMILES string of the molecule is CC(=O)[C@H]1N2C(=O)[C@@H](N)CCS[C@H]2CC1(C)C. The zero-order valence-corrected chi connectivity index (χ0v) is 11.4. The summed E-state index contributed by atoms with van der Waals surface area (Å²) < 4.78 is 0. The van der Waals surface area contributed by atoms with E-state index < -0.39 is 6.04 Å². The fourth-order valence-electron chi connectivity index (χ4n) is 3.00. The van der Waals surface area contributed by atoms with Crippen molar-refractivity contribution >= 4 is 23.5 Å². The van der Waals surface area contributed by atoms with E-state index in [9.17, 15) is 9.59 Å². The molecule has 96 valence electrons. The highest BCUT2D eigenvalue weighted by atomic mass is 32.2. The van der Waals surface area contributed by atoms with Crippen LogP contribution in [0, 0.1) is 5.41 Å². The number of thioether (sulfide) groups is 1. The first-order valence-electron chi connectivity index (χ1n) is 6.04. The molecule has 2 N–H and O–H groups in total. The Labute approximate surface area is 106 Å². The Balaban J connectivity index is 2.37. The van der Waals surface area contributed by atoms with E-state index in [1.807, 2.05) is 0 Å². The fourth-order valence-corrected chi connectivity index (χ4v) is 4.60. The van der Waals surface area contributed by atoms with Crippen molar-refractivity contribution in [1.82, 2.24) is 4.90 Å². The van der Waals surface area contributed by atoms with Crippen molar-refractivity contribution in [2.24, 2.45) is 11.1 Å². The standard InChI is InChI=1S/C12H20N2O2S/c1-7(15)10-12(2,3)6-9-14(10)11(16)8(13)4-5-17-9/h8-10H,4-6,13H2,1-3H3/t8-,9-,10+/m0/s1. The molecular weight excluding hydrogens is 236 g/mol. The largest absolute Gasteiger partial charge is 0.320 e. The third kappa shape index (κ3) is 2.10. The van der Waals surface area contributed by atoms with Gasteiger partial charge in [0.1, 0.15) is 0 Å². The summed E-state index contributed by atoms with van der Waals surface area (Å²) in [5.74, 6) is 0.917. The molecule has 0 aromatic carbocycles. The van der Waals surface area contributed by atoms with E-state index in [4.69, 9.17) is 5.73 Å². The van der Waals surface area contributed by atoms with Crippen molar-refractivity contribution in [2.75, 3.05) is 5.75 Å². The van der Waals surface area contributed by atoms with Crippen LogP contribution in [-0.4, -0.2) is 39.8 Å². The number of carbonyl (C=O) groups is 2. The average Bonchev–Trinajstić information content (AvgIpc) is 2.40. The number of nitrogens with zero attached hydrogens (tertiary/aromatic N) is 1. The molecule has 2 rings (SSSR count). The molecule has 0 saturated carbocycles. The molecule has 2 heterocycles. The van der Waals surface area contributed by atoms with Gasteiger partial charge in [-0.2, -0.15) is 0 Å². The van der Waals surface area contributed by atoms with Gasteiger partial charge < -0.3 is 10.6 Å². The topological polar surface area (TPSA) is 63.4 Å². The minimum atomic E-state index is -0.441. The minimum absolute atomic E-state index is 0.0502. The van der Waals surface area contributed by atoms with Crippen LogP contribution in [0.3, 0.4) is 0 Å². The highest BCUT2D eigenvalue weighted by Gasteiger charge is 2.52. The number of nitrogens with two attached hydrogens (primary N) is 1. The summed E-state index contributed by atoms with van der Waals surface area (Å²) in [5.41, 5.74) is 5.73. The van der Waals surface area contributed by atoms with Crippen molar-refractivity contribution in [3.05, 3.63) is 0 Å². The molecule has 5 heteroatoms. The van der Waals surface area contributed by atoms with Crippen LogP contribution in [0.1, 0.15) is 33.6 Å². The molecule has 0 aromatic heterocycles. The van der Waals surface area contributed by atoms with Crippen LogP contribution in [0.25, 0.3) is 0 Å². The van der Waals surface area contributed by atoms with E-state index in [0.717, 1.165) is 12.2 Å². The molecule has 0 unspecified atom stereocenters. The molecule has 0 aromatic rings. The fraction of sp³-hybridized carbons (Fsp3) is 0.833. The van der Waals surface area contributed by atoms with E-state index in [-0.39, 0.29) is 28.5 Å². The van der Waals surface area contributed by atoms with Crippen LogP contribution in [0.4, 0.5) is 0 Å². The Kier molecular flexibility index (Phi) is 3.25. The van der Waals surface area contributed by atoms with Gasteiger partial charge in [-0.3, -0.25) is 9.59 Å². The van der Waals surface area contributed by atoms with Gasteiger partial charge >= 0.3 is 0 Å². The lowest BCUT2D eigenvalue weighted by molar-refractivity contribution is -0.140. The Bertz CT molecular complexity index is 356. The van der Waals surface area contributed by atoms with E-state index in [1.54, 1.807) is 23.6 Å². The number of rotatable bonds is 1. The van der Waals surface area contributed by atoms with Gasteiger partial charge in [0.15, 0.2) is 5.78 Å². The average molecular weight is 256 g/mol. The first-order valence-corrected chi connectivity index (χ1v) is 7.09. The van der Waals surface area contributed by atoms with E-state index >= 15 is 0 Å². The lowest BCUT2D eigenvalue weighted by atomic mass is 9.83. The highest BCUT2D eigenvalue weighted by molar-refractivity contribution is 7.99. The van der Waals surface area contributed by atoms with Crippen molar-refractivity contribution < 1.29 is 9.59 Å². The second-order valence-electron chi connectivity index (χ2n) is 5.67. The van der Waals surface area contributed by atoms with Crippen LogP contribution < -0.4 is 5.73 Å². The molecule has 2 saturated heterocycles. The summed E-state index contributed by atoms with van der Waals surface area (Å²) in [6.07, 6.45) is 1.59. The second-order valence-corrected chi connectivity index (χ2v) is 6.96. The number of ketones is 1.